The number of hydrogen-bond donors (Lipinski definition) is 1. The quantitative estimate of drug-likeness (QED) is 0.291. The number of amides is 1. The van der Waals surface area contributed by atoms with Crippen molar-refractivity contribution in [2.24, 2.45) is 5.92 Å². The van der Waals surface area contributed by atoms with Gasteiger partial charge in [0.2, 0.25) is 0 Å². The van der Waals surface area contributed by atoms with Crippen molar-refractivity contribution < 1.29 is 23.9 Å². The predicted molar refractivity (Wildman–Crippen MR) is 138 cm³/mol. The number of benzene rings is 3. The maximum absolute atomic E-state index is 13.5. The Balaban J connectivity index is 1.84. The second-order valence-corrected chi connectivity index (χ2v) is 9.64. The summed E-state index contributed by atoms with van der Waals surface area (Å²) in [5, 5.41) is 2.64. The van der Waals surface area contributed by atoms with Crippen LogP contribution in [0.5, 0.6) is 0 Å². The van der Waals surface area contributed by atoms with E-state index in [4.69, 9.17) is 9.47 Å². The fourth-order valence-electron chi connectivity index (χ4n) is 3.80. The minimum absolute atomic E-state index is 0.0577. The molecule has 0 spiro atoms. The highest BCUT2D eigenvalue weighted by Crippen LogP contribution is 2.21. The molecule has 1 unspecified atom stereocenters. The van der Waals surface area contributed by atoms with Crippen LogP contribution in [0.25, 0.3) is 0 Å². The number of rotatable bonds is 10. The Morgan fingerprint density at radius 2 is 1.31 bits per heavy atom. The number of hydrogen-bond acceptors (Lipinski definition) is 5. The maximum Gasteiger partial charge on any atom is 0.408 e. The van der Waals surface area contributed by atoms with Gasteiger partial charge in [-0.15, -0.1) is 0 Å². The summed E-state index contributed by atoms with van der Waals surface area (Å²) >= 11 is 0. The van der Waals surface area contributed by atoms with Crippen molar-refractivity contribution in [2.75, 3.05) is 0 Å². The predicted octanol–water partition coefficient (Wildman–Crippen LogP) is 5.76. The molecule has 3 aromatic rings. The minimum Gasteiger partial charge on any atom is -0.459 e. The van der Waals surface area contributed by atoms with Gasteiger partial charge in [0.25, 0.3) is 0 Å². The largest absolute Gasteiger partial charge is 0.459 e. The second kappa shape index (κ2) is 12.7. The van der Waals surface area contributed by atoms with E-state index in [9.17, 15) is 14.4 Å². The lowest BCUT2D eigenvalue weighted by molar-refractivity contribution is -0.147. The molecule has 2 atom stereocenters. The van der Waals surface area contributed by atoms with Gasteiger partial charge in [0.05, 0.1) is 0 Å². The molecule has 6 heteroatoms. The summed E-state index contributed by atoms with van der Waals surface area (Å²) in [5.41, 5.74) is 1.59. The lowest BCUT2D eigenvalue weighted by Crippen LogP contribution is -2.46. The molecule has 0 heterocycles. The van der Waals surface area contributed by atoms with Crippen LogP contribution in [0.4, 0.5) is 4.79 Å². The van der Waals surface area contributed by atoms with Crippen LogP contribution in [0.2, 0.25) is 0 Å². The van der Waals surface area contributed by atoms with Gasteiger partial charge in [-0.05, 0) is 44.7 Å². The van der Waals surface area contributed by atoms with E-state index in [1.807, 2.05) is 66.7 Å². The Morgan fingerprint density at radius 3 is 1.86 bits per heavy atom. The molecule has 0 fully saturated rings. The van der Waals surface area contributed by atoms with E-state index in [-0.39, 0.29) is 18.8 Å². The number of nitrogens with one attached hydrogen (secondary N) is 1. The molecule has 6 nitrogen and oxygen atoms in total. The molecule has 0 saturated heterocycles. The second-order valence-electron chi connectivity index (χ2n) is 9.64. The maximum atomic E-state index is 13.5. The Hall–Kier alpha value is -3.93. The Kier molecular flexibility index (Phi) is 9.39. The van der Waals surface area contributed by atoms with Gasteiger partial charge < -0.3 is 14.8 Å². The first kappa shape index (κ1) is 26.7. The zero-order valence-electron chi connectivity index (χ0n) is 21.0. The van der Waals surface area contributed by atoms with Gasteiger partial charge in [-0.3, -0.25) is 4.79 Å². The van der Waals surface area contributed by atoms with Crippen LogP contribution in [-0.4, -0.2) is 29.5 Å². The van der Waals surface area contributed by atoms with E-state index < -0.39 is 29.6 Å². The Bertz CT molecular complexity index is 1120. The number of esters is 1. The van der Waals surface area contributed by atoms with E-state index in [1.54, 1.807) is 45.0 Å². The van der Waals surface area contributed by atoms with E-state index in [1.165, 1.54) is 0 Å². The summed E-state index contributed by atoms with van der Waals surface area (Å²) in [4.78, 5) is 39.3. The third-order valence-corrected chi connectivity index (χ3v) is 5.47. The van der Waals surface area contributed by atoms with Crippen molar-refractivity contribution in [3.8, 4) is 0 Å². The standard InChI is InChI=1S/C30H33NO5/c1-30(2,3)36-29(34)31-26(28(33)35-21-23-15-9-5-10-16-23)20-25(19-22-13-7-4-8-14-22)27(32)24-17-11-6-12-18-24/h4-18,25-26H,19-21H2,1-3H3,(H,31,34)/t25?,26-/m0/s1. The first-order chi connectivity index (χ1) is 17.2. The van der Waals surface area contributed by atoms with Crippen LogP contribution in [-0.2, 0) is 27.3 Å². The topological polar surface area (TPSA) is 81.7 Å². The molecule has 0 aliphatic carbocycles. The number of alkyl carbamates (subject to hydrolysis) is 1. The first-order valence-corrected chi connectivity index (χ1v) is 12.0. The average molecular weight is 488 g/mol. The van der Waals surface area contributed by atoms with Gasteiger partial charge in [-0.25, -0.2) is 9.59 Å². The smallest absolute Gasteiger partial charge is 0.408 e. The molecule has 36 heavy (non-hydrogen) atoms. The molecule has 3 aromatic carbocycles. The summed E-state index contributed by atoms with van der Waals surface area (Å²) < 4.78 is 10.9. The number of carbonyl (C=O) groups is 3. The monoisotopic (exact) mass is 487 g/mol. The van der Waals surface area contributed by atoms with Gasteiger partial charge in [0, 0.05) is 11.5 Å². The molecule has 0 aliphatic heterocycles. The minimum atomic E-state index is -1.06. The number of ketones is 1. The van der Waals surface area contributed by atoms with Crippen molar-refractivity contribution >= 4 is 17.8 Å². The van der Waals surface area contributed by atoms with Crippen molar-refractivity contribution in [3.63, 3.8) is 0 Å². The van der Waals surface area contributed by atoms with Crippen LogP contribution < -0.4 is 5.32 Å². The number of ether oxygens (including phenoxy) is 2. The summed E-state index contributed by atoms with van der Waals surface area (Å²) in [7, 11) is 0. The Morgan fingerprint density at radius 1 is 0.778 bits per heavy atom. The van der Waals surface area contributed by atoms with Gasteiger partial charge in [-0.2, -0.15) is 0 Å². The van der Waals surface area contributed by atoms with Gasteiger partial charge >= 0.3 is 12.1 Å². The zero-order valence-corrected chi connectivity index (χ0v) is 21.0. The van der Waals surface area contributed by atoms with Crippen LogP contribution in [0.15, 0.2) is 91.0 Å². The van der Waals surface area contributed by atoms with Crippen LogP contribution >= 0.6 is 0 Å². The molecule has 188 valence electrons. The summed E-state index contributed by atoms with van der Waals surface area (Å²) in [6.45, 7) is 5.29. The molecule has 1 N–H and O–H groups in total. The van der Waals surface area contributed by atoms with E-state index in [0.29, 0.717) is 12.0 Å². The van der Waals surface area contributed by atoms with E-state index in [0.717, 1.165) is 11.1 Å². The third kappa shape index (κ3) is 8.69. The highest BCUT2D eigenvalue weighted by Gasteiger charge is 2.32. The van der Waals surface area contributed by atoms with E-state index >= 15 is 0 Å². The summed E-state index contributed by atoms with van der Waals surface area (Å²) in [6, 6.07) is 26.8. The SMILES string of the molecule is CC(C)(C)OC(=O)N[C@@H](CC(Cc1ccccc1)C(=O)c1ccccc1)C(=O)OCc1ccccc1. The lowest BCUT2D eigenvalue weighted by atomic mass is 9.86. The van der Waals surface area contributed by atoms with Crippen LogP contribution in [0, 0.1) is 5.92 Å². The third-order valence-electron chi connectivity index (χ3n) is 5.47. The molecule has 0 bridgehead atoms. The summed E-state index contributed by atoms with van der Waals surface area (Å²) in [5.74, 6) is -1.30. The van der Waals surface area contributed by atoms with Crippen molar-refractivity contribution in [1.29, 1.82) is 0 Å². The molecule has 0 saturated carbocycles. The van der Waals surface area contributed by atoms with Crippen molar-refractivity contribution in [3.05, 3.63) is 108 Å². The molecular formula is C30H33NO5. The van der Waals surface area contributed by atoms with Gasteiger partial charge in [0.1, 0.15) is 18.2 Å². The average Bonchev–Trinajstić information content (AvgIpc) is 2.86. The number of Topliss-reactive ketones (excluding diaryl/α,β-unsaturated/α-hetero) is 1. The molecular weight excluding hydrogens is 454 g/mol. The zero-order chi connectivity index (χ0) is 26.0. The highest BCUT2D eigenvalue weighted by molar-refractivity contribution is 5.98. The fourth-order valence-corrected chi connectivity index (χ4v) is 3.80. The molecule has 0 aromatic heterocycles. The molecule has 0 radical (unpaired) electrons. The van der Waals surface area contributed by atoms with Crippen molar-refractivity contribution in [1.82, 2.24) is 5.32 Å². The normalized spacial score (nSPS) is 12.8. The highest BCUT2D eigenvalue weighted by atomic mass is 16.6. The van der Waals surface area contributed by atoms with Gasteiger partial charge in [0.15, 0.2) is 5.78 Å². The van der Waals surface area contributed by atoms with Crippen LogP contribution in [0.1, 0.15) is 48.7 Å². The molecule has 3 rings (SSSR count). The summed E-state index contributed by atoms with van der Waals surface area (Å²) in [6.07, 6.45) is -0.266. The van der Waals surface area contributed by atoms with Crippen molar-refractivity contribution in [2.45, 2.75) is 51.9 Å². The van der Waals surface area contributed by atoms with Gasteiger partial charge in [-0.1, -0.05) is 91.0 Å². The molecule has 0 aliphatic rings. The fraction of sp³-hybridized carbons (Fsp3) is 0.300. The van der Waals surface area contributed by atoms with E-state index in [2.05, 4.69) is 5.32 Å². The van der Waals surface area contributed by atoms with Crippen LogP contribution in [0.3, 0.4) is 0 Å². The number of carbonyl (C=O) groups excluding carboxylic acids is 3. The first-order valence-electron chi connectivity index (χ1n) is 12.0. The molecule has 1 amide bonds. The lowest BCUT2D eigenvalue weighted by Gasteiger charge is -2.25. The Labute approximate surface area is 212 Å².